The monoisotopic (exact) mass is 426 g/mol. The first-order valence-corrected chi connectivity index (χ1v) is 10.2. The molecular weight excluding hydrogens is 404 g/mol. The Morgan fingerprint density at radius 2 is 2.07 bits per heavy atom. The van der Waals surface area contributed by atoms with Crippen LogP contribution in [0.2, 0.25) is 5.02 Å². The zero-order valence-electron chi connectivity index (χ0n) is 16.9. The molecule has 0 saturated carbocycles. The van der Waals surface area contributed by atoms with Gasteiger partial charge in [0.15, 0.2) is 0 Å². The first-order chi connectivity index (χ1) is 14.5. The molecule has 156 valence electrons. The fourth-order valence-electron chi connectivity index (χ4n) is 3.77. The van der Waals surface area contributed by atoms with Gasteiger partial charge in [0.2, 0.25) is 11.9 Å². The number of para-hydroxylation sites is 2. The van der Waals surface area contributed by atoms with E-state index in [1.54, 1.807) is 24.1 Å². The van der Waals surface area contributed by atoms with Crippen LogP contribution in [0.15, 0.2) is 42.5 Å². The molecule has 1 N–H and O–H groups in total. The Balaban J connectivity index is 1.61. The quantitative estimate of drug-likeness (QED) is 0.580. The minimum atomic E-state index is -0.654. The number of carbonyl (C=O) groups excluding carboxylic acids is 2. The number of hydrogen-bond donors (Lipinski definition) is 1. The van der Waals surface area contributed by atoms with Gasteiger partial charge in [-0.1, -0.05) is 29.8 Å². The van der Waals surface area contributed by atoms with Gasteiger partial charge in [0.25, 0.3) is 5.91 Å². The topological polar surface area (TPSA) is 76.5 Å². The molecule has 8 heteroatoms. The van der Waals surface area contributed by atoms with Crippen molar-refractivity contribution in [1.82, 2.24) is 9.55 Å². The van der Waals surface area contributed by atoms with E-state index in [1.807, 2.05) is 41.8 Å². The van der Waals surface area contributed by atoms with E-state index in [4.69, 9.17) is 16.3 Å². The van der Waals surface area contributed by atoms with E-state index in [9.17, 15) is 9.59 Å². The number of methoxy groups -OCH3 is 1. The van der Waals surface area contributed by atoms with Gasteiger partial charge >= 0.3 is 0 Å². The lowest BCUT2D eigenvalue weighted by Crippen LogP contribution is -2.32. The van der Waals surface area contributed by atoms with Crippen molar-refractivity contribution >= 4 is 46.1 Å². The van der Waals surface area contributed by atoms with Crippen molar-refractivity contribution in [3.8, 4) is 0 Å². The molecule has 0 bridgehead atoms. The minimum absolute atomic E-state index is 0.00281. The third-order valence-electron chi connectivity index (χ3n) is 5.19. The average molecular weight is 427 g/mol. The van der Waals surface area contributed by atoms with Crippen LogP contribution in [0.5, 0.6) is 0 Å². The van der Waals surface area contributed by atoms with Crippen molar-refractivity contribution in [2.24, 2.45) is 0 Å². The largest absolute Gasteiger partial charge is 0.385 e. The molecule has 3 aromatic rings. The maximum absolute atomic E-state index is 13.2. The van der Waals surface area contributed by atoms with Gasteiger partial charge in [-0.2, -0.15) is 0 Å². The number of nitrogens with one attached hydrogen (secondary N) is 1. The number of carbonyl (C=O) groups is 2. The standard InChI is InChI=1S/C22H23ClN4O3/c1-14-8-9-16(15(23)12-14)24-20(28)13-19-21(29)26(10-5-11-30-2)22-25-17-6-3-4-7-18(17)27(19)22/h3-4,6-9,12,19H,5,10-11,13H2,1-2H3,(H,24,28). The average Bonchev–Trinajstić information content (AvgIpc) is 3.20. The minimum Gasteiger partial charge on any atom is -0.385 e. The fraction of sp³-hybridized carbons (Fsp3) is 0.318. The van der Waals surface area contributed by atoms with Crippen LogP contribution < -0.4 is 10.2 Å². The van der Waals surface area contributed by atoms with Gasteiger partial charge in [0.1, 0.15) is 6.04 Å². The summed E-state index contributed by atoms with van der Waals surface area (Å²) in [4.78, 5) is 32.3. The number of aryl methyl sites for hydroxylation is 1. The van der Waals surface area contributed by atoms with Gasteiger partial charge in [0.05, 0.1) is 28.2 Å². The number of imidazole rings is 1. The molecule has 1 aliphatic heterocycles. The van der Waals surface area contributed by atoms with E-state index >= 15 is 0 Å². The molecule has 0 aliphatic carbocycles. The summed E-state index contributed by atoms with van der Waals surface area (Å²) in [5, 5.41) is 3.30. The summed E-state index contributed by atoms with van der Waals surface area (Å²) in [6, 6.07) is 12.4. The Labute approximate surface area is 179 Å². The van der Waals surface area contributed by atoms with Crippen LogP contribution in [0, 0.1) is 6.92 Å². The molecule has 1 unspecified atom stereocenters. The van der Waals surface area contributed by atoms with Crippen LogP contribution in [0.4, 0.5) is 11.6 Å². The third kappa shape index (κ3) is 3.78. The van der Waals surface area contributed by atoms with E-state index in [0.717, 1.165) is 16.6 Å². The third-order valence-corrected chi connectivity index (χ3v) is 5.50. The molecule has 1 aromatic heterocycles. The van der Waals surface area contributed by atoms with E-state index < -0.39 is 6.04 Å². The lowest BCUT2D eigenvalue weighted by Gasteiger charge is -2.16. The number of nitrogens with zero attached hydrogens (tertiary/aromatic N) is 3. The molecule has 0 spiro atoms. The molecule has 4 rings (SSSR count). The highest BCUT2D eigenvalue weighted by Gasteiger charge is 2.40. The van der Waals surface area contributed by atoms with Crippen molar-refractivity contribution in [2.75, 3.05) is 30.5 Å². The summed E-state index contributed by atoms with van der Waals surface area (Å²) in [6.45, 7) is 2.96. The number of hydrogen-bond acceptors (Lipinski definition) is 4. The zero-order valence-corrected chi connectivity index (χ0v) is 17.6. The van der Waals surface area contributed by atoms with E-state index in [1.165, 1.54) is 0 Å². The summed E-state index contributed by atoms with van der Waals surface area (Å²) in [6.07, 6.45) is 0.681. The van der Waals surface area contributed by atoms with Crippen LogP contribution >= 0.6 is 11.6 Å². The number of anilines is 2. The molecule has 2 aromatic carbocycles. The number of fused-ring (bicyclic) bond motifs is 3. The van der Waals surface area contributed by atoms with Crippen LogP contribution in [-0.2, 0) is 14.3 Å². The Morgan fingerprint density at radius 1 is 1.27 bits per heavy atom. The van der Waals surface area contributed by atoms with Crippen LogP contribution in [0.1, 0.15) is 24.4 Å². The molecular formula is C22H23ClN4O3. The number of ether oxygens (including phenoxy) is 1. The van der Waals surface area contributed by atoms with Crippen molar-refractivity contribution < 1.29 is 14.3 Å². The van der Waals surface area contributed by atoms with Gasteiger partial charge in [0, 0.05) is 20.3 Å². The van der Waals surface area contributed by atoms with E-state index in [0.29, 0.717) is 36.2 Å². The van der Waals surface area contributed by atoms with Crippen molar-refractivity contribution in [3.05, 3.63) is 53.1 Å². The maximum atomic E-state index is 13.2. The first-order valence-electron chi connectivity index (χ1n) is 9.83. The van der Waals surface area contributed by atoms with Crippen molar-refractivity contribution in [1.29, 1.82) is 0 Å². The Kier molecular flexibility index (Phi) is 5.74. The molecule has 0 saturated heterocycles. The van der Waals surface area contributed by atoms with E-state index in [2.05, 4.69) is 10.3 Å². The van der Waals surface area contributed by atoms with Crippen LogP contribution in [0.3, 0.4) is 0 Å². The lowest BCUT2D eigenvalue weighted by atomic mass is 10.1. The molecule has 7 nitrogen and oxygen atoms in total. The van der Waals surface area contributed by atoms with Crippen LogP contribution in [-0.4, -0.2) is 41.6 Å². The molecule has 0 fully saturated rings. The Hall–Kier alpha value is -2.90. The van der Waals surface area contributed by atoms with E-state index in [-0.39, 0.29) is 18.2 Å². The predicted molar refractivity (Wildman–Crippen MR) is 117 cm³/mol. The summed E-state index contributed by atoms with van der Waals surface area (Å²) in [5.41, 5.74) is 3.17. The Morgan fingerprint density at radius 3 is 2.83 bits per heavy atom. The van der Waals surface area contributed by atoms with Crippen LogP contribution in [0.25, 0.3) is 11.0 Å². The SMILES string of the molecule is COCCCN1C(=O)C(CC(=O)Nc2ccc(C)cc2Cl)n2c1nc1ccccc12. The smallest absolute Gasteiger partial charge is 0.253 e. The highest BCUT2D eigenvalue weighted by atomic mass is 35.5. The Bertz CT molecular complexity index is 1110. The molecule has 2 amide bonds. The van der Waals surface area contributed by atoms with Crippen molar-refractivity contribution in [2.45, 2.75) is 25.8 Å². The normalized spacial score (nSPS) is 15.6. The second-order valence-electron chi connectivity index (χ2n) is 7.36. The maximum Gasteiger partial charge on any atom is 0.253 e. The van der Waals surface area contributed by atoms with Gasteiger partial charge in [-0.05, 0) is 43.2 Å². The lowest BCUT2D eigenvalue weighted by molar-refractivity contribution is -0.124. The van der Waals surface area contributed by atoms with Gasteiger partial charge < -0.3 is 10.1 Å². The van der Waals surface area contributed by atoms with Gasteiger partial charge in [-0.3, -0.25) is 19.1 Å². The molecule has 1 aliphatic rings. The van der Waals surface area contributed by atoms with Gasteiger partial charge in [-0.25, -0.2) is 4.98 Å². The summed E-state index contributed by atoms with van der Waals surface area (Å²) >= 11 is 6.24. The number of benzene rings is 2. The highest BCUT2D eigenvalue weighted by Crippen LogP contribution is 2.36. The summed E-state index contributed by atoms with van der Waals surface area (Å²) in [5.74, 6) is 0.162. The molecule has 2 heterocycles. The number of rotatable bonds is 7. The summed E-state index contributed by atoms with van der Waals surface area (Å²) < 4.78 is 6.98. The molecule has 30 heavy (non-hydrogen) atoms. The zero-order chi connectivity index (χ0) is 21.3. The second-order valence-corrected chi connectivity index (χ2v) is 7.77. The second kappa shape index (κ2) is 8.45. The number of amides is 2. The number of halogens is 1. The summed E-state index contributed by atoms with van der Waals surface area (Å²) in [7, 11) is 1.63. The number of aromatic nitrogens is 2. The fourth-order valence-corrected chi connectivity index (χ4v) is 4.05. The van der Waals surface area contributed by atoms with Gasteiger partial charge in [-0.15, -0.1) is 0 Å². The first kappa shape index (κ1) is 20.4. The molecule has 1 atom stereocenters. The molecule has 0 radical (unpaired) electrons. The predicted octanol–water partition coefficient (Wildman–Crippen LogP) is 3.95. The highest BCUT2D eigenvalue weighted by molar-refractivity contribution is 6.33. The van der Waals surface area contributed by atoms with Crippen molar-refractivity contribution in [3.63, 3.8) is 0 Å².